The van der Waals surface area contributed by atoms with Crippen LogP contribution in [-0.4, -0.2) is 44.2 Å². The first-order chi connectivity index (χ1) is 15.3. The lowest BCUT2D eigenvalue weighted by Crippen LogP contribution is -2.46. The van der Waals surface area contributed by atoms with Crippen molar-refractivity contribution in [3.8, 4) is 5.75 Å². The van der Waals surface area contributed by atoms with E-state index in [0.29, 0.717) is 17.9 Å². The highest BCUT2D eigenvalue weighted by Gasteiger charge is 2.49. The van der Waals surface area contributed by atoms with Crippen LogP contribution in [0.5, 0.6) is 5.75 Å². The third-order valence-electron chi connectivity index (χ3n) is 5.75. The third-order valence-corrected chi connectivity index (χ3v) is 8.23. The van der Waals surface area contributed by atoms with Gasteiger partial charge in [0.1, 0.15) is 17.1 Å². The SMILES string of the molecule is Cc1cc(COc2ccc(C3(CC(=O)NO)COCCS3(O)O)cc2)c2ccccc2n1. The predicted molar refractivity (Wildman–Crippen MR) is 122 cm³/mol. The number of hydroxylamine groups is 1. The summed E-state index contributed by atoms with van der Waals surface area (Å²) in [6, 6.07) is 16.8. The molecule has 170 valence electrons. The molecule has 0 aliphatic carbocycles. The zero-order valence-electron chi connectivity index (χ0n) is 17.7. The summed E-state index contributed by atoms with van der Waals surface area (Å²) in [5.41, 5.74) is 4.95. The largest absolute Gasteiger partial charge is 0.489 e. The van der Waals surface area contributed by atoms with Gasteiger partial charge in [0.2, 0.25) is 5.91 Å². The number of aryl methyl sites for hydroxylation is 1. The van der Waals surface area contributed by atoms with Gasteiger partial charge in [0.05, 0.1) is 30.9 Å². The molecule has 9 heteroatoms. The number of fused-ring (bicyclic) bond motifs is 1. The second-order valence-electron chi connectivity index (χ2n) is 7.88. The van der Waals surface area contributed by atoms with Gasteiger partial charge in [-0.3, -0.25) is 24.1 Å². The lowest BCUT2D eigenvalue weighted by Gasteiger charge is -2.53. The van der Waals surface area contributed by atoms with Crippen LogP contribution in [0.3, 0.4) is 0 Å². The van der Waals surface area contributed by atoms with E-state index in [4.69, 9.17) is 14.7 Å². The van der Waals surface area contributed by atoms with Gasteiger partial charge in [-0.2, -0.15) is 10.6 Å². The molecule has 4 N–H and O–H groups in total. The molecule has 0 radical (unpaired) electrons. The Labute approximate surface area is 187 Å². The van der Waals surface area contributed by atoms with E-state index in [0.717, 1.165) is 22.2 Å². The second kappa shape index (κ2) is 9.05. The maximum atomic E-state index is 12.0. The van der Waals surface area contributed by atoms with E-state index < -0.39 is 21.2 Å². The summed E-state index contributed by atoms with van der Waals surface area (Å²) in [5.74, 6) is -0.0867. The molecule has 0 spiro atoms. The maximum Gasteiger partial charge on any atom is 0.245 e. The Morgan fingerprint density at radius 2 is 1.97 bits per heavy atom. The Morgan fingerprint density at radius 1 is 1.22 bits per heavy atom. The summed E-state index contributed by atoms with van der Waals surface area (Å²) >= 11 is 0. The molecule has 2 aromatic carbocycles. The van der Waals surface area contributed by atoms with Gasteiger partial charge in [0, 0.05) is 16.6 Å². The lowest BCUT2D eigenvalue weighted by molar-refractivity contribution is -0.130. The van der Waals surface area contributed by atoms with E-state index in [2.05, 4.69) is 4.98 Å². The van der Waals surface area contributed by atoms with Gasteiger partial charge in [-0.1, -0.05) is 30.3 Å². The fourth-order valence-electron chi connectivity index (χ4n) is 4.07. The molecule has 8 nitrogen and oxygen atoms in total. The smallest absolute Gasteiger partial charge is 0.245 e. The topological polar surface area (TPSA) is 121 Å². The zero-order chi connectivity index (χ0) is 22.8. The van der Waals surface area contributed by atoms with Crippen molar-refractivity contribution >= 4 is 27.4 Å². The summed E-state index contributed by atoms with van der Waals surface area (Å²) in [7, 11) is -3.19. The Morgan fingerprint density at radius 3 is 2.69 bits per heavy atom. The van der Waals surface area contributed by atoms with Crippen molar-refractivity contribution in [3.05, 3.63) is 71.4 Å². The first kappa shape index (κ1) is 22.5. The molecule has 1 fully saturated rings. The minimum absolute atomic E-state index is 0.0262. The normalized spacial score (nSPS) is 21.1. The predicted octanol–water partition coefficient (Wildman–Crippen LogP) is 3.99. The van der Waals surface area contributed by atoms with Crippen LogP contribution in [0.1, 0.15) is 23.2 Å². The van der Waals surface area contributed by atoms with Crippen LogP contribution in [0, 0.1) is 6.92 Å². The summed E-state index contributed by atoms with van der Waals surface area (Å²) in [6.07, 6.45) is -0.311. The zero-order valence-corrected chi connectivity index (χ0v) is 18.5. The number of amides is 1. The quantitative estimate of drug-likeness (QED) is 0.325. The molecule has 3 aromatic rings. The second-order valence-corrected chi connectivity index (χ2v) is 10.4. The molecule has 1 amide bonds. The molecule has 2 heterocycles. The van der Waals surface area contributed by atoms with Gasteiger partial charge in [-0.05, 0) is 36.8 Å². The van der Waals surface area contributed by atoms with E-state index >= 15 is 0 Å². The molecule has 32 heavy (non-hydrogen) atoms. The number of para-hydroxylation sites is 1. The van der Waals surface area contributed by atoms with Crippen molar-refractivity contribution in [1.29, 1.82) is 0 Å². The van der Waals surface area contributed by atoms with Gasteiger partial charge >= 0.3 is 0 Å². The first-order valence-corrected chi connectivity index (χ1v) is 11.9. The molecule has 0 bridgehead atoms. The van der Waals surface area contributed by atoms with Crippen LogP contribution in [0.4, 0.5) is 0 Å². The Balaban J connectivity index is 1.58. The van der Waals surface area contributed by atoms with Crippen molar-refractivity contribution in [3.63, 3.8) is 0 Å². The number of ether oxygens (including phenoxy) is 2. The van der Waals surface area contributed by atoms with Crippen molar-refractivity contribution < 1.29 is 28.6 Å². The van der Waals surface area contributed by atoms with Gasteiger partial charge < -0.3 is 9.47 Å². The number of benzene rings is 2. The number of nitrogens with one attached hydrogen (secondary N) is 1. The molecule has 1 aliphatic heterocycles. The summed E-state index contributed by atoms with van der Waals surface area (Å²) in [6.45, 7) is 2.45. The van der Waals surface area contributed by atoms with Crippen molar-refractivity contribution in [1.82, 2.24) is 10.5 Å². The number of aromatic nitrogens is 1. The highest BCUT2D eigenvalue weighted by Crippen LogP contribution is 2.61. The van der Waals surface area contributed by atoms with Crippen molar-refractivity contribution in [2.24, 2.45) is 0 Å². The van der Waals surface area contributed by atoms with Crippen LogP contribution >= 0.6 is 10.6 Å². The monoisotopic (exact) mass is 458 g/mol. The minimum Gasteiger partial charge on any atom is -0.489 e. The van der Waals surface area contributed by atoms with E-state index in [-0.39, 0.29) is 25.4 Å². The van der Waals surface area contributed by atoms with E-state index in [1.807, 2.05) is 37.3 Å². The Hall–Kier alpha value is -2.69. The Bertz CT molecular complexity index is 1120. The number of pyridine rings is 1. The van der Waals surface area contributed by atoms with Crippen LogP contribution < -0.4 is 10.2 Å². The Kier molecular flexibility index (Phi) is 6.36. The molecule has 4 rings (SSSR count). The van der Waals surface area contributed by atoms with Crippen LogP contribution in [-0.2, 0) is 20.9 Å². The minimum atomic E-state index is -3.19. The molecule has 1 atom stereocenters. The number of hydrogen-bond acceptors (Lipinski definition) is 7. The average molecular weight is 459 g/mol. The molecular weight excluding hydrogens is 432 g/mol. The lowest BCUT2D eigenvalue weighted by atomic mass is 9.94. The number of rotatable bonds is 6. The van der Waals surface area contributed by atoms with Gasteiger partial charge in [0.25, 0.3) is 0 Å². The first-order valence-electron chi connectivity index (χ1n) is 10.2. The highest BCUT2D eigenvalue weighted by atomic mass is 32.3. The van der Waals surface area contributed by atoms with Crippen LogP contribution in [0.25, 0.3) is 10.9 Å². The van der Waals surface area contributed by atoms with Crippen LogP contribution in [0.2, 0.25) is 0 Å². The maximum absolute atomic E-state index is 12.0. The summed E-state index contributed by atoms with van der Waals surface area (Å²) in [5, 5.41) is 10.0. The van der Waals surface area contributed by atoms with Gasteiger partial charge in [-0.25, -0.2) is 5.48 Å². The third kappa shape index (κ3) is 4.30. The van der Waals surface area contributed by atoms with E-state index in [1.165, 1.54) is 0 Å². The fourth-order valence-corrected chi connectivity index (χ4v) is 5.96. The summed E-state index contributed by atoms with van der Waals surface area (Å²) < 4.78 is 31.7. The average Bonchev–Trinajstić information content (AvgIpc) is 2.79. The van der Waals surface area contributed by atoms with Crippen molar-refractivity contribution in [2.75, 3.05) is 19.0 Å². The molecule has 1 aromatic heterocycles. The fraction of sp³-hybridized carbons (Fsp3) is 0.304. The van der Waals surface area contributed by atoms with Crippen molar-refractivity contribution in [2.45, 2.75) is 24.7 Å². The van der Waals surface area contributed by atoms with E-state index in [1.54, 1.807) is 29.7 Å². The number of carbonyl (C=O) groups is 1. The number of carbonyl (C=O) groups excluding carboxylic acids is 1. The number of nitrogens with zero attached hydrogens (tertiary/aromatic N) is 1. The standard InChI is InChI=1S/C23H26N2O6S/c1-16-12-17(20-4-2-3-5-21(20)24-16)14-31-19-8-6-18(7-9-19)23(13-22(26)25-27)15-30-10-11-32(23,28)29/h2-9,12,27-29H,10-11,13-15H2,1H3,(H,25,26). The highest BCUT2D eigenvalue weighted by molar-refractivity contribution is 8.25. The molecule has 0 saturated carbocycles. The summed E-state index contributed by atoms with van der Waals surface area (Å²) in [4.78, 5) is 16.5. The van der Waals surface area contributed by atoms with Crippen LogP contribution in [0.15, 0.2) is 54.6 Å². The molecular formula is C23H26N2O6S. The molecule has 1 aliphatic rings. The van der Waals surface area contributed by atoms with Gasteiger partial charge in [-0.15, -0.1) is 0 Å². The van der Waals surface area contributed by atoms with Gasteiger partial charge in [0.15, 0.2) is 0 Å². The number of hydrogen-bond donors (Lipinski definition) is 4. The van der Waals surface area contributed by atoms with E-state index in [9.17, 15) is 13.9 Å². The molecule has 1 saturated heterocycles. The molecule has 1 unspecified atom stereocenters.